The molecule has 19 heavy (non-hydrogen) atoms. The lowest BCUT2D eigenvalue weighted by Gasteiger charge is -2.12. The van der Waals surface area contributed by atoms with Crippen LogP contribution in [-0.2, 0) is 6.61 Å². The van der Waals surface area contributed by atoms with E-state index in [0.29, 0.717) is 17.4 Å². The SMILES string of the molecule is Cc1cnc(COc2ccc(Br)cc2Cl)c(C)c1N. The number of pyridine rings is 1. The molecule has 2 aromatic rings. The second kappa shape index (κ2) is 5.80. The smallest absolute Gasteiger partial charge is 0.138 e. The van der Waals surface area contributed by atoms with Crippen LogP contribution in [-0.4, -0.2) is 4.98 Å². The van der Waals surface area contributed by atoms with E-state index in [-0.39, 0.29) is 0 Å². The Labute approximate surface area is 125 Å². The Bertz CT molecular complexity index is 617. The predicted molar refractivity (Wildman–Crippen MR) is 81.6 cm³/mol. The zero-order valence-electron chi connectivity index (χ0n) is 10.7. The first kappa shape index (κ1) is 14.2. The highest BCUT2D eigenvalue weighted by Crippen LogP contribution is 2.28. The lowest BCUT2D eigenvalue weighted by atomic mass is 10.1. The molecule has 5 heteroatoms. The molecule has 0 amide bonds. The number of ether oxygens (including phenoxy) is 1. The van der Waals surface area contributed by atoms with Crippen molar-refractivity contribution in [1.29, 1.82) is 0 Å². The molecule has 1 aromatic carbocycles. The van der Waals surface area contributed by atoms with Crippen molar-refractivity contribution in [2.75, 3.05) is 5.73 Å². The van der Waals surface area contributed by atoms with Gasteiger partial charge >= 0.3 is 0 Å². The predicted octanol–water partition coefficient (Wildman–Crippen LogP) is 4.28. The zero-order chi connectivity index (χ0) is 14.0. The summed E-state index contributed by atoms with van der Waals surface area (Å²) in [6.45, 7) is 4.22. The van der Waals surface area contributed by atoms with Gasteiger partial charge in [-0.3, -0.25) is 4.98 Å². The Morgan fingerprint density at radius 1 is 1.37 bits per heavy atom. The Morgan fingerprint density at radius 2 is 2.11 bits per heavy atom. The molecule has 100 valence electrons. The second-order valence-electron chi connectivity index (χ2n) is 4.29. The first-order valence-electron chi connectivity index (χ1n) is 5.77. The van der Waals surface area contributed by atoms with Crippen LogP contribution >= 0.6 is 27.5 Å². The molecular weight excluding hydrogens is 328 g/mol. The summed E-state index contributed by atoms with van der Waals surface area (Å²) >= 11 is 9.44. The molecule has 0 saturated heterocycles. The van der Waals surface area contributed by atoms with Crippen LogP contribution in [0.15, 0.2) is 28.9 Å². The third-order valence-electron chi connectivity index (χ3n) is 2.93. The van der Waals surface area contributed by atoms with Gasteiger partial charge in [0.25, 0.3) is 0 Å². The number of nitrogen functional groups attached to an aromatic ring is 1. The highest BCUT2D eigenvalue weighted by molar-refractivity contribution is 9.10. The molecule has 0 unspecified atom stereocenters. The highest BCUT2D eigenvalue weighted by Gasteiger charge is 2.08. The second-order valence-corrected chi connectivity index (χ2v) is 5.61. The van der Waals surface area contributed by atoms with E-state index in [9.17, 15) is 0 Å². The van der Waals surface area contributed by atoms with E-state index in [1.165, 1.54) is 0 Å². The summed E-state index contributed by atoms with van der Waals surface area (Å²) in [5.41, 5.74) is 9.48. The molecule has 0 aliphatic carbocycles. The molecule has 0 spiro atoms. The molecule has 0 saturated carbocycles. The number of rotatable bonds is 3. The molecule has 0 bridgehead atoms. The molecule has 2 N–H and O–H groups in total. The van der Waals surface area contributed by atoms with Gasteiger partial charge in [-0.1, -0.05) is 27.5 Å². The monoisotopic (exact) mass is 340 g/mol. The normalized spacial score (nSPS) is 10.5. The molecule has 0 radical (unpaired) electrons. The fraction of sp³-hybridized carbons (Fsp3) is 0.214. The van der Waals surface area contributed by atoms with E-state index in [2.05, 4.69) is 20.9 Å². The van der Waals surface area contributed by atoms with E-state index in [1.54, 1.807) is 12.3 Å². The van der Waals surface area contributed by atoms with Gasteiger partial charge in [-0.25, -0.2) is 0 Å². The van der Waals surface area contributed by atoms with Crippen molar-refractivity contribution in [2.24, 2.45) is 0 Å². The van der Waals surface area contributed by atoms with Crippen LogP contribution in [0.25, 0.3) is 0 Å². The van der Waals surface area contributed by atoms with Crippen LogP contribution in [0.1, 0.15) is 16.8 Å². The molecule has 0 atom stereocenters. The van der Waals surface area contributed by atoms with Gasteiger partial charge in [0.05, 0.1) is 10.7 Å². The average molecular weight is 342 g/mol. The standard InChI is InChI=1S/C14H14BrClN2O/c1-8-6-18-12(9(2)14(8)17)7-19-13-4-3-10(15)5-11(13)16/h3-6H,7H2,1-2H3,(H2,17,18). The molecule has 3 nitrogen and oxygen atoms in total. The van der Waals surface area contributed by atoms with Gasteiger partial charge in [0.2, 0.25) is 0 Å². The van der Waals surface area contributed by atoms with Crippen molar-refractivity contribution in [3.63, 3.8) is 0 Å². The van der Waals surface area contributed by atoms with Gasteiger partial charge in [-0.05, 0) is 43.2 Å². The van der Waals surface area contributed by atoms with Crippen molar-refractivity contribution in [3.05, 3.63) is 50.7 Å². The van der Waals surface area contributed by atoms with E-state index in [1.807, 2.05) is 26.0 Å². The Hall–Kier alpha value is -1.26. The summed E-state index contributed by atoms with van der Waals surface area (Å²) in [6, 6.07) is 5.49. The lowest BCUT2D eigenvalue weighted by molar-refractivity contribution is 0.300. The summed E-state index contributed by atoms with van der Waals surface area (Å²) in [5, 5.41) is 0.562. The van der Waals surface area contributed by atoms with Gasteiger partial charge < -0.3 is 10.5 Å². The van der Waals surface area contributed by atoms with E-state index in [4.69, 9.17) is 22.1 Å². The quantitative estimate of drug-likeness (QED) is 0.906. The van der Waals surface area contributed by atoms with Crippen LogP contribution in [0.5, 0.6) is 5.75 Å². The van der Waals surface area contributed by atoms with E-state index >= 15 is 0 Å². The summed E-state index contributed by atoms with van der Waals surface area (Å²) in [5.74, 6) is 0.630. The molecular formula is C14H14BrClN2O. The van der Waals surface area contributed by atoms with E-state index in [0.717, 1.165) is 27.0 Å². The van der Waals surface area contributed by atoms with Crippen molar-refractivity contribution < 1.29 is 4.74 Å². The topological polar surface area (TPSA) is 48.1 Å². The summed E-state index contributed by atoms with van der Waals surface area (Å²) in [4.78, 5) is 4.34. The largest absolute Gasteiger partial charge is 0.486 e. The number of hydrogen-bond acceptors (Lipinski definition) is 3. The first-order valence-corrected chi connectivity index (χ1v) is 6.94. The van der Waals surface area contributed by atoms with Crippen LogP contribution in [0.3, 0.4) is 0 Å². The fourth-order valence-electron chi connectivity index (χ4n) is 1.68. The zero-order valence-corrected chi connectivity index (χ0v) is 13.0. The fourth-order valence-corrected chi connectivity index (χ4v) is 2.40. The summed E-state index contributed by atoms with van der Waals surface area (Å²) in [7, 11) is 0. The molecule has 0 fully saturated rings. The van der Waals surface area contributed by atoms with Gasteiger partial charge in [0, 0.05) is 16.4 Å². The minimum Gasteiger partial charge on any atom is -0.486 e. The van der Waals surface area contributed by atoms with Crippen molar-refractivity contribution in [2.45, 2.75) is 20.5 Å². The highest BCUT2D eigenvalue weighted by atomic mass is 79.9. The van der Waals surface area contributed by atoms with Crippen molar-refractivity contribution in [1.82, 2.24) is 4.98 Å². The number of nitrogens with two attached hydrogens (primary N) is 1. The number of aryl methyl sites for hydroxylation is 1. The van der Waals surface area contributed by atoms with Gasteiger partial charge in [-0.2, -0.15) is 0 Å². The first-order chi connectivity index (χ1) is 8.99. The molecule has 0 aliphatic heterocycles. The molecule has 0 aliphatic rings. The van der Waals surface area contributed by atoms with E-state index < -0.39 is 0 Å². The lowest BCUT2D eigenvalue weighted by Crippen LogP contribution is -2.05. The Morgan fingerprint density at radius 3 is 2.79 bits per heavy atom. The van der Waals surface area contributed by atoms with Crippen LogP contribution < -0.4 is 10.5 Å². The number of benzene rings is 1. The molecule has 2 rings (SSSR count). The van der Waals surface area contributed by atoms with Crippen LogP contribution in [0.2, 0.25) is 5.02 Å². The number of anilines is 1. The third-order valence-corrected chi connectivity index (χ3v) is 3.72. The maximum atomic E-state index is 6.09. The number of halogens is 2. The summed E-state index contributed by atoms with van der Waals surface area (Å²) < 4.78 is 6.60. The number of nitrogens with zero attached hydrogens (tertiary/aromatic N) is 1. The van der Waals surface area contributed by atoms with Crippen molar-refractivity contribution >= 4 is 33.2 Å². The van der Waals surface area contributed by atoms with Gasteiger partial charge in [-0.15, -0.1) is 0 Å². The van der Waals surface area contributed by atoms with Crippen LogP contribution in [0, 0.1) is 13.8 Å². The minimum absolute atomic E-state index is 0.345. The number of aromatic nitrogens is 1. The van der Waals surface area contributed by atoms with Gasteiger partial charge in [0.15, 0.2) is 0 Å². The average Bonchev–Trinajstić information content (AvgIpc) is 2.37. The number of hydrogen-bond donors (Lipinski definition) is 1. The van der Waals surface area contributed by atoms with Crippen LogP contribution in [0.4, 0.5) is 5.69 Å². The molecule has 1 heterocycles. The third kappa shape index (κ3) is 3.19. The molecule has 1 aromatic heterocycles. The Kier molecular flexibility index (Phi) is 4.32. The summed E-state index contributed by atoms with van der Waals surface area (Å²) in [6.07, 6.45) is 1.75. The maximum Gasteiger partial charge on any atom is 0.138 e. The minimum atomic E-state index is 0.345. The van der Waals surface area contributed by atoms with Crippen molar-refractivity contribution in [3.8, 4) is 5.75 Å². The Balaban J connectivity index is 2.17. The maximum absolute atomic E-state index is 6.09. The van der Waals surface area contributed by atoms with Gasteiger partial charge in [0.1, 0.15) is 12.4 Å².